The maximum Gasteiger partial charge on any atom is 0.307 e. The quantitative estimate of drug-likeness (QED) is 0.812. The smallest absolute Gasteiger partial charge is 0.307 e. The number of benzene rings is 1. The Morgan fingerprint density at radius 2 is 1.86 bits per heavy atom. The molecule has 6 heteroatoms. The van der Waals surface area contributed by atoms with E-state index in [-0.39, 0.29) is 12.8 Å². The minimum absolute atomic E-state index is 0.0689. The Morgan fingerprint density at radius 3 is 2.33 bits per heavy atom. The fourth-order valence-corrected chi connectivity index (χ4v) is 2.35. The lowest BCUT2D eigenvalue weighted by atomic mass is 10.0. The van der Waals surface area contributed by atoms with Crippen LogP contribution in [-0.2, 0) is 16.0 Å². The molecule has 1 rings (SSSR count). The van der Waals surface area contributed by atoms with Gasteiger partial charge in [-0.05, 0) is 38.5 Å². The molecule has 0 saturated carbocycles. The number of halogens is 2. The fourth-order valence-electron chi connectivity index (χ4n) is 1.80. The second-order valence-electron chi connectivity index (χ2n) is 5.93. The second kappa shape index (κ2) is 7.45. The highest BCUT2D eigenvalue weighted by Crippen LogP contribution is 2.26. The first-order chi connectivity index (χ1) is 9.60. The zero-order valence-electron chi connectivity index (χ0n) is 12.4. The highest BCUT2D eigenvalue weighted by Gasteiger charge is 2.24. The first kappa shape index (κ1) is 18.2. The SMILES string of the molecule is CC(C)(C)OC(=O)C[C@H](N)[C@@H](O)Cc1c(Cl)cccc1Cl. The number of aliphatic hydroxyl groups is 1. The van der Waals surface area contributed by atoms with Crippen LogP contribution in [0.3, 0.4) is 0 Å². The molecule has 2 atom stereocenters. The summed E-state index contributed by atoms with van der Waals surface area (Å²) in [5, 5.41) is 11.0. The summed E-state index contributed by atoms with van der Waals surface area (Å²) >= 11 is 12.1. The van der Waals surface area contributed by atoms with E-state index in [1.807, 2.05) is 0 Å². The van der Waals surface area contributed by atoms with Crippen molar-refractivity contribution in [3.05, 3.63) is 33.8 Å². The van der Waals surface area contributed by atoms with Gasteiger partial charge in [0.2, 0.25) is 0 Å². The molecule has 0 radical (unpaired) electrons. The van der Waals surface area contributed by atoms with E-state index >= 15 is 0 Å². The molecule has 0 aromatic heterocycles. The lowest BCUT2D eigenvalue weighted by Crippen LogP contribution is -2.39. The fraction of sp³-hybridized carbons (Fsp3) is 0.533. The molecule has 0 heterocycles. The van der Waals surface area contributed by atoms with Crippen molar-refractivity contribution >= 4 is 29.2 Å². The molecule has 0 amide bonds. The van der Waals surface area contributed by atoms with Crippen molar-refractivity contribution in [2.75, 3.05) is 0 Å². The first-order valence-electron chi connectivity index (χ1n) is 6.68. The van der Waals surface area contributed by atoms with Crippen LogP contribution in [0.2, 0.25) is 10.0 Å². The molecule has 0 aliphatic heterocycles. The zero-order valence-corrected chi connectivity index (χ0v) is 13.9. The highest BCUT2D eigenvalue weighted by atomic mass is 35.5. The number of hydrogen-bond acceptors (Lipinski definition) is 4. The van der Waals surface area contributed by atoms with Crippen LogP contribution in [0, 0.1) is 0 Å². The monoisotopic (exact) mass is 333 g/mol. The minimum atomic E-state index is -0.935. The van der Waals surface area contributed by atoms with E-state index < -0.39 is 23.7 Å². The van der Waals surface area contributed by atoms with Gasteiger partial charge in [0.05, 0.1) is 12.5 Å². The molecule has 4 nitrogen and oxygen atoms in total. The minimum Gasteiger partial charge on any atom is -0.460 e. The lowest BCUT2D eigenvalue weighted by Gasteiger charge is -2.23. The van der Waals surface area contributed by atoms with Crippen LogP contribution >= 0.6 is 23.2 Å². The molecule has 0 saturated heterocycles. The molecular formula is C15H21Cl2NO3. The summed E-state index contributed by atoms with van der Waals surface area (Å²) in [6, 6.07) is 4.36. The summed E-state index contributed by atoms with van der Waals surface area (Å²) in [4.78, 5) is 11.7. The van der Waals surface area contributed by atoms with Gasteiger partial charge in [0.15, 0.2) is 0 Å². The summed E-state index contributed by atoms with van der Waals surface area (Å²) in [6.07, 6.45) is -0.821. The number of rotatable bonds is 5. The molecule has 0 aliphatic carbocycles. The Morgan fingerprint density at radius 1 is 1.33 bits per heavy atom. The van der Waals surface area contributed by atoms with Crippen LogP contribution in [0.15, 0.2) is 18.2 Å². The first-order valence-corrected chi connectivity index (χ1v) is 7.44. The van der Waals surface area contributed by atoms with Crippen LogP contribution < -0.4 is 5.73 Å². The molecule has 0 unspecified atom stereocenters. The van der Waals surface area contributed by atoms with Gasteiger partial charge in [0.1, 0.15) is 5.60 Å². The second-order valence-corrected chi connectivity index (χ2v) is 6.74. The van der Waals surface area contributed by atoms with Gasteiger partial charge in [-0.3, -0.25) is 4.79 Å². The third kappa shape index (κ3) is 6.22. The molecule has 1 aromatic rings. The van der Waals surface area contributed by atoms with Crippen LogP contribution in [0.4, 0.5) is 0 Å². The number of aliphatic hydroxyl groups excluding tert-OH is 1. The third-order valence-electron chi connectivity index (χ3n) is 2.79. The summed E-state index contributed by atoms with van der Waals surface area (Å²) in [5.74, 6) is -0.445. The highest BCUT2D eigenvalue weighted by molar-refractivity contribution is 6.36. The van der Waals surface area contributed by atoms with Crippen LogP contribution in [-0.4, -0.2) is 28.8 Å². The van der Waals surface area contributed by atoms with E-state index in [0.29, 0.717) is 15.6 Å². The van der Waals surface area contributed by atoms with E-state index in [1.54, 1.807) is 39.0 Å². The van der Waals surface area contributed by atoms with E-state index in [0.717, 1.165) is 0 Å². The maximum absolute atomic E-state index is 11.7. The van der Waals surface area contributed by atoms with Gasteiger partial charge < -0.3 is 15.6 Å². The average molecular weight is 334 g/mol. The van der Waals surface area contributed by atoms with Crippen molar-refractivity contribution < 1.29 is 14.6 Å². The predicted molar refractivity (Wildman–Crippen MR) is 84.6 cm³/mol. The molecule has 0 aliphatic rings. The van der Waals surface area contributed by atoms with E-state index in [2.05, 4.69) is 0 Å². The van der Waals surface area contributed by atoms with E-state index in [9.17, 15) is 9.90 Å². The zero-order chi connectivity index (χ0) is 16.2. The summed E-state index contributed by atoms with van der Waals surface area (Å²) in [6.45, 7) is 5.32. The Hall–Kier alpha value is -0.810. The van der Waals surface area contributed by atoms with E-state index in [4.69, 9.17) is 33.7 Å². The molecule has 1 aromatic carbocycles. The molecule has 0 spiro atoms. The van der Waals surface area contributed by atoms with E-state index in [1.165, 1.54) is 0 Å². The van der Waals surface area contributed by atoms with Crippen molar-refractivity contribution in [2.45, 2.75) is 51.4 Å². The maximum atomic E-state index is 11.7. The Bertz CT molecular complexity index is 480. The van der Waals surface area contributed by atoms with Crippen molar-refractivity contribution in [3.63, 3.8) is 0 Å². The van der Waals surface area contributed by atoms with Crippen molar-refractivity contribution in [3.8, 4) is 0 Å². The predicted octanol–water partition coefficient (Wildman–Crippen LogP) is 2.96. The lowest BCUT2D eigenvalue weighted by molar-refractivity contribution is -0.155. The summed E-state index contributed by atoms with van der Waals surface area (Å²) in [5.41, 5.74) is 5.89. The molecule has 21 heavy (non-hydrogen) atoms. The van der Waals surface area contributed by atoms with Crippen molar-refractivity contribution in [1.82, 2.24) is 0 Å². The van der Waals surface area contributed by atoms with Gasteiger partial charge in [-0.1, -0.05) is 29.3 Å². The number of nitrogens with two attached hydrogens (primary N) is 1. The molecule has 0 bridgehead atoms. The van der Waals surface area contributed by atoms with Crippen molar-refractivity contribution in [2.24, 2.45) is 5.73 Å². The molecule has 118 valence electrons. The topological polar surface area (TPSA) is 72.5 Å². The van der Waals surface area contributed by atoms with Crippen LogP contribution in [0.25, 0.3) is 0 Å². The summed E-state index contributed by atoms with van der Waals surface area (Å²) < 4.78 is 5.17. The van der Waals surface area contributed by atoms with Gasteiger partial charge in [0.25, 0.3) is 0 Å². The van der Waals surface area contributed by atoms with Gasteiger partial charge in [-0.2, -0.15) is 0 Å². The van der Waals surface area contributed by atoms with Gasteiger partial charge in [0, 0.05) is 22.5 Å². The Kier molecular flexibility index (Phi) is 6.47. The largest absolute Gasteiger partial charge is 0.460 e. The number of carbonyl (C=O) groups excluding carboxylic acids is 1. The number of ether oxygens (including phenoxy) is 1. The summed E-state index contributed by atoms with van der Waals surface area (Å²) in [7, 11) is 0. The van der Waals surface area contributed by atoms with Crippen molar-refractivity contribution in [1.29, 1.82) is 0 Å². The van der Waals surface area contributed by atoms with Gasteiger partial charge >= 0.3 is 5.97 Å². The van der Waals surface area contributed by atoms with Crippen LogP contribution in [0.5, 0.6) is 0 Å². The number of hydrogen-bond donors (Lipinski definition) is 2. The molecular weight excluding hydrogens is 313 g/mol. The molecule has 3 N–H and O–H groups in total. The standard InChI is InChI=1S/C15H21Cl2NO3/c1-15(2,3)21-14(20)8-12(18)13(19)7-9-10(16)5-4-6-11(9)17/h4-6,12-13,19H,7-8,18H2,1-3H3/t12-,13-/m0/s1. The molecule has 0 fully saturated rings. The number of carbonyl (C=O) groups is 1. The van der Waals surface area contributed by atoms with Gasteiger partial charge in [-0.25, -0.2) is 0 Å². The Balaban J connectivity index is 2.63. The third-order valence-corrected chi connectivity index (χ3v) is 3.50. The average Bonchev–Trinajstić information content (AvgIpc) is 2.31. The number of esters is 1. The van der Waals surface area contributed by atoms with Crippen LogP contribution in [0.1, 0.15) is 32.8 Å². The normalized spacial score (nSPS) is 14.6. The van der Waals surface area contributed by atoms with Gasteiger partial charge in [-0.15, -0.1) is 0 Å². The Labute approximate surface area is 135 Å².